The molecule has 1 aromatic heterocycles. The van der Waals surface area contributed by atoms with Crippen LogP contribution in [0.5, 0.6) is 11.5 Å². The molecule has 0 fully saturated rings. The van der Waals surface area contributed by atoms with Crippen LogP contribution in [0.3, 0.4) is 0 Å². The summed E-state index contributed by atoms with van der Waals surface area (Å²) in [6, 6.07) is 15.5. The maximum absolute atomic E-state index is 12.2. The van der Waals surface area contributed by atoms with Crippen molar-refractivity contribution in [1.82, 2.24) is 10.3 Å². The van der Waals surface area contributed by atoms with Gasteiger partial charge in [0.1, 0.15) is 6.61 Å². The molecule has 0 aliphatic heterocycles. The first-order valence-electron chi connectivity index (χ1n) is 9.03. The third-order valence-electron chi connectivity index (χ3n) is 4.34. The fourth-order valence-corrected chi connectivity index (χ4v) is 2.89. The van der Waals surface area contributed by atoms with Gasteiger partial charge in [-0.2, -0.15) is 0 Å². The van der Waals surface area contributed by atoms with Gasteiger partial charge in [-0.05, 0) is 47.9 Å². The number of terminal acetylenes is 1. The van der Waals surface area contributed by atoms with E-state index in [0.29, 0.717) is 30.9 Å². The molecule has 1 amide bonds. The molecule has 2 aromatic carbocycles. The summed E-state index contributed by atoms with van der Waals surface area (Å²) in [6.07, 6.45) is 7.99. The largest absolute Gasteiger partial charge is 0.493 e. The number of carbonyl (C=O) groups is 1. The van der Waals surface area contributed by atoms with Gasteiger partial charge in [-0.15, -0.1) is 6.42 Å². The molecule has 5 heteroatoms. The van der Waals surface area contributed by atoms with E-state index in [1.165, 1.54) is 0 Å². The number of hydrogen-bond acceptors (Lipinski definition) is 4. The van der Waals surface area contributed by atoms with Crippen LogP contribution in [0.1, 0.15) is 17.5 Å². The van der Waals surface area contributed by atoms with Crippen molar-refractivity contribution in [1.29, 1.82) is 0 Å². The maximum atomic E-state index is 12.2. The third-order valence-corrected chi connectivity index (χ3v) is 4.34. The molecule has 0 saturated carbocycles. The fraction of sp³-hybridized carbons (Fsp3) is 0.217. The third kappa shape index (κ3) is 5.01. The zero-order chi connectivity index (χ0) is 19.8. The second-order valence-electron chi connectivity index (χ2n) is 6.29. The van der Waals surface area contributed by atoms with Crippen molar-refractivity contribution in [3.8, 4) is 23.8 Å². The molecule has 1 heterocycles. The molecule has 0 spiro atoms. The Morgan fingerprint density at radius 1 is 1.14 bits per heavy atom. The highest BCUT2D eigenvalue weighted by molar-refractivity contribution is 5.79. The summed E-state index contributed by atoms with van der Waals surface area (Å²) in [4.78, 5) is 16.5. The van der Waals surface area contributed by atoms with Gasteiger partial charge in [0.15, 0.2) is 11.5 Å². The Hall–Kier alpha value is -3.52. The Morgan fingerprint density at radius 2 is 2.00 bits per heavy atom. The topological polar surface area (TPSA) is 60.5 Å². The molecule has 142 valence electrons. The summed E-state index contributed by atoms with van der Waals surface area (Å²) < 4.78 is 10.8. The van der Waals surface area contributed by atoms with Crippen molar-refractivity contribution < 1.29 is 14.3 Å². The first-order chi connectivity index (χ1) is 13.7. The lowest BCUT2D eigenvalue weighted by molar-refractivity contribution is -0.121. The van der Waals surface area contributed by atoms with E-state index in [1.54, 1.807) is 13.3 Å². The number of methoxy groups -OCH3 is 1. The number of ether oxygens (including phenoxy) is 2. The molecule has 0 aliphatic rings. The van der Waals surface area contributed by atoms with Crippen molar-refractivity contribution >= 4 is 16.8 Å². The molecule has 0 atom stereocenters. The Kier molecular flexibility index (Phi) is 6.48. The minimum absolute atomic E-state index is 0.00194. The summed E-state index contributed by atoms with van der Waals surface area (Å²) in [6.45, 7) is 0.675. The van der Waals surface area contributed by atoms with Gasteiger partial charge in [0.2, 0.25) is 5.91 Å². The predicted molar refractivity (Wildman–Crippen MR) is 109 cm³/mol. The van der Waals surface area contributed by atoms with Gasteiger partial charge < -0.3 is 14.8 Å². The number of aromatic nitrogens is 1. The molecule has 0 saturated heterocycles. The Labute approximate surface area is 164 Å². The molecule has 0 radical (unpaired) electrons. The molecule has 0 unspecified atom stereocenters. The average molecular weight is 374 g/mol. The van der Waals surface area contributed by atoms with Gasteiger partial charge in [-0.25, -0.2) is 0 Å². The van der Waals surface area contributed by atoms with Gasteiger partial charge in [-0.3, -0.25) is 9.78 Å². The highest BCUT2D eigenvalue weighted by atomic mass is 16.5. The number of amides is 1. The van der Waals surface area contributed by atoms with Gasteiger partial charge in [0.25, 0.3) is 0 Å². The summed E-state index contributed by atoms with van der Waals surface area (Å²) in [5.41, 5.74) is 2.99. The van der Waals surface area contributed by atoms with E-state index < -0.39 is 0 Å². The highest BCUT2D eigenvalue weighted by Crippen LogP contribution is 2.28. The normalized spacial score (nSPS) is 10.3. The number of rotatable bonds is 8. The van der Waals surface area contributed by atoms with Crippen LogP contribution in [0, 0.1) is 12.3 Å². The van der Waals surface area contributed by atoms with E-state index in [9.17, 15) is 4.79 Å². The smallest absolute Gasteiger partial charge is 0.220 e. The van der Waals surface area contributed by atoms with E-state index in [0.717, 1.165) is 22.0 Å². The Bertz CT molecular complexity index is 1010. The van der Waals surface area contributed by atoms with Crippen molar-refractivity contribution in [3.63, 3.8) is 0 Å². The minimum atomic E-state index is -0.00194. The van der Waals surface area contributed by atoms with Crippen LogP contribution in [-0.4, -0.2) is 24.6 Å². The zero-order valence-electron chi connectivity index (χ0n) is 15.8. The molecular formula is C23H22N2O3. The number of pyridine rings is 1. The SMILES string of the molecule is C#CCOc1ccc(CCC(=O)NCc2ccc3ncccc3c2)cc1OC. The van der Waals surface area contributed by atoms with E-state index >= 15 is 0 Å². The number of nitrogens with one attached hydrogen (secondary N) is 1. The number of hydrogen-bond donors (Lipinski definition) is 1. The number of benzene rings is 2. The van der Waals surface area contributed by atoms with E-state index in [-0.39, 0.29) is 12.5 Å². The fourth-order valence-electron chi connectivity index (χ4n) is 2.89. The summed E-state index contributed by atoms with van der Waals surface area (Å²) in [7, 11) is 1.58. The van der Waals surface area contributed by atoms with Crippen LogP contribution in [0.2, 0.25) is 0 Å². The van der Waals surface area contributed by atoms with Crippen LogP contribution in [-0.2, 0) is 17.8 Å². The van der Waals surface area contributed by atoms with Crippen LogP contribution >= 0.6 is 0 Å². The lowest BCUT2D eigenvalue weighted by Crippen LogP contribution is -2.23. The zero-order valence-corrected chi connectivity index (χ0v) is 15.8. The predicted octanol–water partition coefficient (Wildman–Crippen LogP) is 3.50. The summed E-state index contributed by atoms with van der Waals surface area (Å²) in [5.74, 6) is 3.63. The quantitative estimate of drug-likeness (QED) is 0.613. The first-order valence-corrected chi connectivity index (χ1v) is 9.03. The van der Waals surface area contributed by atoms with Crippen LogP contribution < -0.4 is 14.8 Å². The van der Waals surface area contributed by atoms with E-state index in [4.69, 9.17) is 15.9 Å². The standard InChI is InChI=1S/C23H22N2O3/c1-3-13-28-21-10-7-17(15-22(21)27-2)8-11-23(26)25-16-18-6-9-20-19(14-18)5-4-12-24-20/h1,4-7,9-10,12,14-15H,8,11,13,16H2,2H3,(H,25,26). The van der Waals surface area contributed by atoms with Crippen LogP contribution in [0.4, 0.5) is 0 Å². The number of nitrogens with zero attached hydrogens (tertiary/aromatic N) is 1. The molecule has 3 aromatic rings. The van der Waals surface area contributed by atoms with Gasteiger partial charge in [-0.1, -0.05) is 24.1 Å². The lowest BCUT2D eigenvalue weighted by atomic mass is 10.1. The van der Waals surface area contributed by atoms with Crippen molar-refractivity contribution in [3.05, 3.63) is 65.9 Å². The van der Waals surface area contributed by atoms with Gasteiger partial charge >= 0.3 is 0 Å². The van der Waals surface area contributed by atoms with E-state index in [2.05, 4.69) is 16.2 Å². The second-order valence-corrected chi connectivity index (χ2v) is 6.29. The van der Waals surface area contributed by atoms with Gasteiger partial charge in [0.05, 0.1) is 12.6 Å². The molecule has 3 rings (SSSR count). The monoisotopic (exact) mass is 374 g/mol. The second kappa shape index (κ2) is 9.43. The van der Waals surface area contributed by atoms with Crippen LogP contribution in [0.15, 0.2) is 54.7 Å². The Balaban J connectivity index is 1.52. The lowest BCUT2D eigenvalue weighted by Gasteiger charge is -2.11. The number of fused-ring (bicyclic) bond motifs is 1. The molecule has 5 nitrogen and oxygen atoms in total. The number of aryl methyl sites for hydroxylation is 1. The molecular weight excluding hydrogens is 352 g/mol. The maximum Gasteiger partial charge on any atom is 0.220 e. The summed E-state index contributed by atoms with van der Waals surface area (Å²) >= 11 is 0. The summed E-state index contributed by atoms with van der Waals surface area (Å²) in [5, 5.41) is 4.03. The molecule has 28 heavy (non-hydrogen) atoms. The first kappa shape index (κ1) is 19.2. The van der Waals surface area contributed by atoms with E-state index in [1.807, 2.05) is 48.5 Å². The minimum Gasteiger partial charge on any atom is -0.493 e. The van der Waals surface area contributed by atoms with Crippen LogP contribution in [0.25, 0.3) is 10.9 Å². The number of carbonyl (C=O) groups excluding carboxylic acids is 1. The Morgan fingerprint density at radius 3 is 2.82 bits per heavy atom. The van der Waals surface area contributed by atoms with Crippen molar-refractivity contribution in [2.24, 2.45) is 0 Å². The molecule has 0 aliphatic carbocycles. The molecule has 0 bridgehead atoms. The molecule has 1 N–H and O–H groups in total. The average Bonchev–Trinajstić information content (AvgIpc) is 2.74. The van der Waals surface area contributed by atoms with Gasteiger partial charge in [0, 0.05) is 24.5 Å². The van der Waals surface area contributed by atoms with Crippen molar-refractivity contribution in [2.45, 2.75) is 19.4 Å². The highest BCUT2D eigenvalue weighted by Gasteiger charge is 2.08. The van der Waals surface area contributed by atoms with Crippen molar-refractivity contribution in [2.75, 3.05) is 13.7 Å².